The Hall–Kier alpha value is -2.86. The number of benzene rings is 2. The van der Waals surface area contributed by atoms with E-state index in [0.717, 1.165) is 37.5 Å². The molecule has 6 heteroatoms. The van der Waals surface area contributed by atoms with Crippen LogP contribution in [-0.2, 0) is 16.6 Å². The first kappa shape index (κ1) is 23.9. The van der Waals surface area contributed by atoms with E-state index in [2.05, 4.69) is 35.3 Å². The largest absolute Gasteiger partial charge is 0.497 e. The number of hydrogen-bond donors (Lipinski definition) is 1. The standard InChI is InChI=1S/C29H36N2O4/c1-19-26-16-21-9-10-24(34-2)17-25(21)29(19,12-14-31(26)18-20-7-8-20)11-13-30-27(32)22-5-4-6-23(15-22)28(33)35-3/h4-6,9-10,15,17,19-20,26H,7-8,11-14,16,18H2,1-3H3,(H,30,32)/t19-,26+,29-/m0/s1. The number of esters is 1. The summed E-state index contributed by atoms with van der Waals surface area (Å²) in [6.45, 7) is 5.33. The average molecular weight is 477 g/mol. The van der Waals surface area contributed by atoms with Gasteiger partial charge in [-0.05, 0) is 91.9 Å². The Kier molecular flexibility index (Phi) is 6.58. The number of carbonyl (C=O) groups is 2. The highest BCUT2D eigenvalue weighted by Gasteiger charge is 2.51. The van der Waals surface area contributed by atoms with Gasteiger partial charge in [-0.3, -0.25) is 9.69 Å². The molecule has 2 fully saturated rings. The number of nitrogens with one attached hydrogen (secondary N) is 1. The molecule has 0 unspecified atom stereocenters. The smallest absolute Gasteiger partial charge is 0.337 e. The highest BCUT2D eigenvalue weighted by molar-refractivity contribution is 5.97. The van der Waals surface area contributed by atoms with Crippen molar-refractivity contribution >= 4 is 11.9 Å². The fourth-order valence-electron chi connectivity index (χ4n) is 6.41. The van der Waals surface area contributed by atoms with Gasteiger partial charge in [0.05, 0.1) is 19.8 Å². The zero-order chi connectivity index (χ0) is 24.6. The van der Waals surface area contributed by atoms with Gasteiger partial charge < -0.3 is 14.8 Å². The topological polar surface area (TPSA) is 67.9 Å². The molecule has 0 spiro atoms. The zero-order valence-corrected chi connectivity index (χ0v) is 21.0. The molecule has 1 aliphatic heterocycles. The molecule has 2 aromatic rings. The van der Waals surface area contributed by atoms with E-state index < -0.39 is 5.97 Å². The Balaban J connectivity index is 1.35. The molecule has 1 saturated heterocycles. The Bertz CT molecular complexity index is 1110. The molecular weight excluding hydrogens is 440 g/mol. The number of nitrogens with zero attached hydrogens (tertiary/aromatic N) is 1. The molecule has 5 rings (SSSR count). The molecule has 0 aromatic heterocycles. The van der Waals surface area contributed by atoms with Gasteiger partial charge >= 0.3 is 5.97 Å². The second-order valence-electron chi connectivity index (χ2n) is 10.5. The summed E-state index contributed by atoms with van der Waals surface area (Å²) >= 11 is 0. The van der Waals surface area contributed by atoms with Gasteiger partial charge in [-0.2, -0.15) is 0 Å². The second kappa shape index (κ2) is 9.65. The summed E-state index contributed by atoms with van der Waals surface area (Å²) in [4.78, 5) is 27.5. The Labute approximate surface area is 208 Å². The van der Waals surface area contributed by atoms with Crippen molar-refractivity contribution in [1.82, 2.24) is 10.2 Å². The van der Waals surface area contributed by atoms with Crippen LogP contribution in [0.25, 0.3) is 0 Å². The van der Waals surface area contributed by atoms with Crippen LogP contribution < -0.4 is 10.1 Å². The third-order valence-corrected chi connectivity index (χ3v) is 8.64. The maximum atomic E-state index is 12.9. The molecule has 2 bridgehead atoms. The van der Waals surface area contributed by atoms with E-state index in [1.807, 2.05) is 0 Å². The first-order valence-corrected chi connectivity index (χ1v) is 12.8. The molecule has 3 atom stereocenters. The summed E-state index contributed by atoms with van der Waals surface area (Å²) in [5, 5.41) is 3.13. The second-order valence-corrected chi connectivity index (χ2v) is 10.5. The van der Waals surface area contributed by atoms with Crippen molar-refractivity contribution < 1.29 is 19.1 Å². The van der Waals surface area contributed by atoms with Crippen LogP contribution in [0.15, 0.2) is 42.5 Å². The van der Waals surface area contributed by atoms with Gasteiger partial charge in [0, 0.05) is 30.1 Å². The lowest BCUT2D eigenvalue weighted by atomic mass is 9.56. The predicted octanol–water partition coefficient (Wildman–Crippen LogP) is 4.22. The minimum absolute atomic E-state index is 0.00792. The molecule has 1 N–H and O–H groups in total. The van der Waals surface area contributed by atoms with Crippen molar-refractivity contribution in [3.63, 3.8) is 0 Å². The Morgan fingerprint density at radius 1 is 1.11 bits per heavy atom. The summed E-state index contributed by atoms with van der Waals surface area (Å²) in [5.74, 6) is 1.67. The molecule has 0 radical (unpaired) electrons. The molecule has 1 saturated carbocycles. The van der Waals surface area contributed by atoms with Crippen LogP contribution in [0.3, 0.4) is 0 Å². The van der Waals surface area contributed by atoms with Gasteiger partial charge in [0.25, 0.3) is 5.91 Å². The number of ether oxygens (including phenoxy) is 2. The van der Waals surface area contributed by atoms with Crippen molar-refractivity contribution in [3.05, 3.63) is 64.7 Å². The molecule has 1 heterocycles. The quantitative estimate of drug-likeness (QED) is 0.578. The number of rotatable bonds is 8. The molecule has 186 valence electrons. The van der Waals surface area contributed by atoms with Gasteiger partial charge in [-0.1, -0.05) is 19.1 Å². The van der Waals surface area contributed by atoms with Gasteiger partial charge in [0.15, 0.2) is 0 Å². The maximum Gasteiger partial charge on any atom is 0.337 e. The Morgan fingerprint density at radius 2 is 1.91 bits per heavy atom. The fraction of sp³-hybridized carbons (Fsp3) is 0.517. The van der Waals surface area contributed by atoms with E-state index in [1.165, 1.54) is 37.6 Å². The van der Waals surface area contributed by atoms with Crippen molar-refractivity contribution in [1.29, 1.82) is 0 Å². The van der Waals surface area contributed by atoms with E-state index in [1.54, 1.807) is 31.4 Å². The molecule has 2 aromatic carbocycles. The van der Waals surface area contributed by atoms with Crippen LogP contribution >= 0.6 is 0 Å². The monoisotopic (exact) mass is 476 g/mol. The van der Waals surface area contributed by atoms with E-state index in [0.29, 0.717) is 29.6 Å². The first-order chi connectivity index (χ1) is 16.9. The average Bonchev–Trinajstić information content (AvgIpc) is 3.70. The molecular formula is C29H36N2O4. The SMILES string of the molecule is COC(=O)c1cccc(C(=O)NCC[C@@]23CCN(CC4CC4)[C@H](Cc4ccc(OC)cc42)[C@@H]3C)c1. The lowest BCUT2D eigenvalue weighted by molar-refractivity contribution is 0.0159. The number of amides is 1. The van der Waals surface area contributed by atoms with E-state index in [-0.39, 0.29) is 11.3 Å². The number of fused-ring (bicyclic) bond motifs is 4. The number of likely N-dealkylation sites (tertiary alicyclic amines) is 1. The van der Waals surface area contributed by atoms with Crippen LogP contribution in [0.4, 0.5) is 0 Å². The molecule has 1 amide bonds. The Morgan fingerprint density at radius 3 is 2.66 bits per heavy atom. The molecule has 6 nitrogen and oxygen atoms in total. The number of hydrogen-bond acceptors (Lipinski definition) is 5. The van der Waals surface area contributed by atoms with Gasteiger partial charge in [-0.25, -0.2) is 4.79 Å². The van der Waals surface area contributed by atoms with Crippen LogP contribution in [0.1, 0.15) is 64.4 Å². The van der Waals surface area contributed by atoms with Gasteiger partial charge in [-0.15, -0.1) is 0 Å². The molecule has 3 aliphatic rings. The molecule has 2 aliphatic carbocycles. The van der Waals surface area contributed by atoms with Crippen LogP contribution in [-0.4, -0.2) is 56.7 Å². The maximum absolute atomic E-state index is 12.9. The van der Waals surface area contributed by atoms with Crippen LogP contribution in [0.5, 0.6) is 5.75 Å². The summed E-state index contributed by atoms with van der Waals surface area (Å²) in [7, 11) is 3.07. The highest BCUT2D eigenvalue weighted by Crippen LogP contribution is 2.52. The zero-order valence-electron chi connectivity index (χ0n) is 21.0. The van der Waals surface area contributed by atoms with E-state index >= 15 is 0 Å². The summed E-state index contributed by atoms with van der Waals surface area (Å²) < 4.78 is 10.4. The molecule has 35 heavy (non-hydrogen) atoms. The summed E-state index contributed by atoms with van der Waals surface area (Å²) in [6.07, 6.45) is 5.80. The summed E-state index contributed by atoms with van der Waals surface area (Å²) in [5.41, 5.74) is 3.68. The normalized spacial score (nSPS) is 25.5. The third-order valence-electron chi connectivity index (χ3n) is 8.64. The van der Waals surface area contributed by atoms with Crippen molar-refractivity contribution in [3.8, 4) is 5.75 Å². The van der Waals surface area contributed by atoms with E-state index in [4.69, 9.17) is 9.47 Å². The van der Waals surface area contributed by atoms with Crippen molar-refractivity contribution in [2.75, 3.05) is 33.9 Å². The minimum Gasteiger partial charge on any atom is -0.497 e. The minimum atomic E-state index is -0.441. The van der Waals surface area contributed by atoms with Crippen molar-refractivity contribution in [2.24, 2.45) is 11.8 Å². The number of carbonyl (C=O) groups excluding carboxylic acids is 2. The van der Waals surface area contributed by atoms with E-state index in [9.17, 15) is 9.59 Å². The lowest BCUT2D eigenvalue weighted by Gasteiger charge is -2.56. The van der Waals surface area contributed by atoms with Gasteiger partial charge in [0.1, 0.15) is 5.75 Å². The highest BCUT2D eigenvalue weighted by atomic mass is 16.5. The van der Waals surface area contributed by atoms with Gasteiger partial charge in [0.2, 0.25) is 0 Å². The number of piperidine rings is 1. The summed E-state index contributed by atoms with van der Waals surface area (Å²) in [6, 6.07) is 13.8. The fourth-order valence-corrected chi connectivity index (χ4v) is 6.41. The predicted molar refractivity (Wildman–Crippen MR) is 135 cm³/mol. The lowest BCUT2D eigenvalue weighted by Crippen LogP contribution is -2.60. The van der Waals surface area contributed by atoms with Crippen LogP contribution in [0.2, 0.25) is 0 Å². The van der Waals surface area contributed by atoms with Crippen molar-refractivity contribution in [2.45, 2.75) is 50.5 Å². The number of methoxy groups -OCH3 is 2. The van der Waals surface area contributed by atoms with Crippen LogP contribution in [0, 0.1) is 11.8 Å². The third kappa shape index (κ3) is 4.56. The first-order valence-electron chi connectivity index (χ1n) is 12.8.